The summed E-state index contributed by atoms with van der Waals surface area (Å²) in [6, 6.07) is 10.2. The molecule has 0 bridgehead atoms. The summed E-state index contributed by atoms with van der Waals surface area (Å²) < 4.78 is 0. The van der Waals surface area contributed by atoms with Crippen molar-refractivity contribution in [3.8, 4) is 0 Å². The number of hydrogen-bond acceptors (Lipinski definition) is 4. The zero-order valence-corrected chi connectivity index (χ0v) is 13.9. The Morgan fingerprint density at radius 3 is 2.91 bits per heavy atom. The highest BCUT2D eigenvalue weighted by Gasteiger charge is 2.46. The maximum Gasteiger partial charge on any atom is 0.269 e. The highest BCUT2D eigenvalue weighted by atomic mass is 16.7. The van der Waals surface area contributed by atoms with Gasteiger partial charge in [-0.1, -0.05) is 49.3 Å². The van der Waals surface area contributed by atoms with E-state index in [1.807, 2.05) is 18.2 Å². The van der Waals surface area contributed by atoms with Crippen molar-refractivity contribution in [3.05, 3.63) is 35.9 Å². The van der Waals surface area contributed by atoms with Crippen molar-refractivity contribution in [3.63, 3.8) is 0 Å². The molecule has 0 saturated carbocycles. The number of benzene rings is 1. The first-order valence-corrected chi connectivity index (χ1v) is 8.42. The van der Waals surface area contributed by atoms with Crippen molar-refractivity contribution in [2.75, 3.05) is 26.2 Å². The Morgan fingerprint density at radius 2 is 2.22 bits per heavy atom. The van der Waals surface area contributed by atoms with E-state index in [9.17, 15) is 4.79 Å². The summed E-state index contributed by atoms with van der Waals surface area (Å²) in [5.41, 5.74) is 1.49. The van der Waals surface area contributed by atoms with E-state index in [0.29, 0.717) is 18.7 Å². The van der Waals surface area contributed by atoms with Gasteiger partial charge in [0.05, 0.1) is 0 Å². The fourth-order valence-electron chi connectivity index (χ4n) is 3.31. The Bertz CT molecular complexity index is 587. The fraction of sp³-hybridized carbons (Fsp3) is 0.556. The smallest absolute Gasteiger partial charge is 0.269 e. The van der Waals surface area contributed by atoms with Gasteiger partial charge in [0.2, 0.25) is 0 Å². The van der Waals surface area contributed by atoms with Crippen LogP contribution in [0.1, 0.15) is 38.2 Å². The van der Waals surface area contributed by atoms with Crippen LogP contribution in [0.3, 0.4) is 0 Å². The standard InChI is InChI=1S/C18H25N3O2/c1-3-21-10-9-18(13-21)11-16(20-23-18)17(22)19-12-14(2)15-7-5-4-6-8-15/h4-8,14H,3,9-13H2,1-2H3,(H,19,22). The largest absolute Gasteiger partial charge is 0.387 e. The van der Waals surface area contributed by atoms with E-state index in [0.717, 1.165) is 26.1 Å². The van der Waals surface area contributed by atoms with Gasteiger partial charge in [0.25, 0.3) is 5.91 Å². The number of hydrogen-bond donors (Lipinski definition) is 1. The Hall–Kier alpha value is -1.88. The summed E-state index contributed by atoms with van der Waals surface area (Å²) in [4.78, 5) is 20.3. The molecule has 1 aromatic rings. The molecule has 1 aromatic carbocycles. The van der Waals surface area contributed by atoms with Gasteiger partial charge in [0.1, 0.15) is 5.71 Å². The number of carbonyl (C=O) groups is 1. The number of likely N-dealkylation sites (N-methyl/N-ethyl adjacent to an activating group) is 1. The molecule has 0 aliphatic carbocycles. The minimum absolute atomic E-state index is 0.0976. The Labute approximate surface area is 137 Å². The van der Waals surface area contributed by atoms with Crippen LogP contribution in [-0.4, -0.2) is 48.3 Å². The molecule has 2 aliphatic heterocycles. The van der Waals surface area contributed by atoms with Crippen LogP contribution in [0.4, 0.5) is 0 Å². The van der Waals surface area contributed by atoms with Crippen molar-refractivity contribution in [2.24, 2.45) is 5.16 Å². The normalized spacial score (nSPS) is 25.2. The first kappa shape index (κ1) is 16.0. The van der Waals surface area contributed by atoms with Crippen LogP contribution in [0, 0.1) is 0 Å². The highest BCUT2D eigenvalue weighted by Crippen LogP contribution is 2.33. The third kappa shape index (κ3) is 3.55. The summed E-state index contributed by atoms with van der Waals surface area (Å²) in [6.45, 7) is 7.76. The van der Waals surface area contributed by atoms with Crippen LogP contribution in [0.15, 0.2) is 35.5 Å². The minimum Gasteiger partial charge on any atom is -0.387 e. The lowest BCUT2D eigenvalue weighted by Gasteiger charge is -2.20. The van der Waals surface area contributed by atoms with Gasteiger partial charge in [-0.15, -0.1) is 0 Å². The predicted molar refractivity (Wildman–Crippen MR) is 90.5 cm³/mol. The molecule has 0 aromatic heterocycles. The third-order valence-electron chi connectivity index (χ3n) is 4.88. The van der Waals surface area contributed by atoms with Crippen LogP contribution in [-0.2, 0) is 9.63 Å². The lowest BCUT2D eigenvalue weighted by molar-refractivity contribution is -0.115. The Morgan fingerprint density at radius 1 is 1.43 bits per heavy atom. The number of nitrogens with zero attached hydrogens (tertiary/aromatic N) is 2. The van der Waals surface area contributed by atoms with Gasteiger partial charge in [0, 0.05) is 32.5 Å². The van der Waals surface area contributed by atoms with E-state index >= 15 is 0 Å². The molecule has 1 amide bonds. The molecule has 2 atom stereocenters. The number of likely N-dealkylation sites (tertiary alicyclic amines) is 1. The van der Waals surface area contributed by atoms with Gasteiger partial charge in [-0.2, -0.15) is 0 Å². The van der Waals surface area contributed by atoms with Crippen LogP contribution in [0.2, 0.25) is 0 Å². The zero-order valence-electron chi connectivity index (χ0n) is 13.9. The highest BCUT2D eigenvalue weighted by molar-refractivity contribution is 6.39. The predicted octanol–water partition coefficient (Wildman–Crippen LogP) is 2.15. The summed E-state index contributed by atoms with van der Waals surface area (Å²) in [5.74, 6) is 0.179. The van der Waals surface area contributed by atoms with Gasteiger partial charge >= 0.3 is 0 Å². The van der Waals surface area contributed by atoms with Crippen molar-refractivity contribution < 1.29 is 9.63 Å². The molecule has 5 nitrogen and oxygen atoms in total. The Kier molecular flexibility index (Phi) is 4.66. The van der Waals surface area contributed by atoms with Gasteiger partial charge in [0.15, 0.2) is 5.60 Å². The van der Waals surface area contributed by atoms with E-state index in [1.54, 1.807) is 0 Å². The maximum absolute atomic E-state index is 12.3. The number of rotatable bonds is 5. The average molecular weight is 315 g/mol. The summed E-state index contributed by atoms with van der Waals surface area (Å²) in [5, 5.41) is 7.06. The van der Waals surface area contributed by atoms with Crippen molar-refractivity contribution in [1.29, 1.82) is 0 Å². The second kappa shape index (κ2) is 6.71. The first-order valence-electron chi connectivity index (χ1n) is 8.42. The summed E-state index contributed by atoms with van der Waals surface area (Å²) in [6.07, 6.45) is 1.57. The topological polar surface area (TPSA) is 53.9 Å². The van der Waals surface area contributed by atoms with Crippen LogP contribution in [0.5, 0.6) is 0 Å². The molecule has 1 saturated heterocycles. The van der Waals surface area contributed by atoms with Crippen molar-refractivity contribution >= 4 is 11.6 Å². The van der Waals surface area contributed by atoms with Gasteiger partial charge < -0.3 is 10.2 Å². The van der Waals surface area contributed by atoms with Crippen molar-refractivity contribution in [2.45, 2.75) is 38.2 Å². The van der Waals surface area contributed by atoms with Gasteiger partial charge in [-0.3, -0.25) is 9.69 Å². The number of amides is 1. The quantitative estimate of drug-likeness (QED) is 0.906. The number of oxime groups is 1. The van der Waals surface area contributed by atoms with Gasteiger partial charge in [-0.05, 0) is 18.0 Å². The molecule has 2 aliphatic rings. The molecule has 23 heavy (non-hydrogen) atoms. The molecular formula is C18H25N3O2. The lowest BCUT2D eigenvalue weighted by atomic mass is 9.96. The monoisotopic (exact) mass is 315 g/mol. The van der Waals surface area contributed by atoms with Crippen LogP contribution >= 0.6 is 0 Å². The zero-order chi connectivity index (χ0) is 16.3. The molecule has 5 heteroatoms. The van der Waals surface area contributed by atoms with E-state index in [4.69, 9.17) is 4.84 Å². The maximum atomic E-state index is 12.3. The number of carbonyl (C=O) groups excluding carboxylic acids is 1. The minimum atomic E-state index is -0.270. The van der Waals surface area contributed by atoms with E-state index in [1.165, 1.54) is 5.56 Å². The molecule has 124 valence electrons. The summed E-state index contributed by atoms with van der Waals surface area (Å²) in [7, 11) is 0. The second-order valence-electron chi connectivity index (χ2n) is 6.63. The SMILES string of the molecule is CCN1CCC2(CC(C(=O)NCC(C)c3ccccc3)=NO2)C1. The van der Waals surface area contributed by atoms with Gasteiger partial charge in [-0.25, -0.2) is 0 Å². The third-order valence-corrected chi connectivity index (χ3v) is 4.88. The van der Waals surface area contributed by atoms with Crippen LogP contribution < -0.4 is 5.32 Å². The Balaban J connectivity index is 1.50. The molecule has 2 unspecified atom stereocenters. The molecule has 1 spiro atoms. The number of nitrogens with one attached hydrogen (secondary N) is 1. The second-order valence-corrected chi connectivity index (χ2v) is 6.63. The first-order chi connectivity index (χ1) is 11.1. The molecular weight excluding hydrogens is 290 g/mol. The average Bonchev–Trinajstić information content (AvgIpc) is 3.20. The molecule has 1 fully saturated rings. The lowest BCUT2D eigenvalue weighted by Crippen LogP contribution is -2.37. The molecule has 0 radical (unpaired) electrons. The van der Waals surface area contributed by atoms with Crippen LogP contribution in [0.25, 0.3) is 0 Å². The van der Waals surface area contributed by atoms with E-state index in [2.05, 4.69) is 41.4 Å². The van der Waals surface area contributed by atoms with E-state index in [-0.39, 0.29) is 17.4 Å². The fourth-order valence-corrected chi connectivity index (χ4v) is 3.31. The molecule has 1 N–H and O–H groups in total. The molecule has 2 heterocycles. The molecule has 3 rings (SSSR count). The summed E-state index contributed by atoms with van der Waals surface area (Å²) >= 11 is 0. The van der Waals surface area contributed by atoms with Crippen molar-refractivity contribution in [1.82, 2.24) is 10.2 Å². The van der Waals surface area contributed by atoms with E-state index < -0.39 is 0 Å².